The first-order valence-corrected chi connectivity index (χ1v) is 27.6. The monoisotopic (exact) mass is 1160 g/mol. The Morgan fingerprint density at radius 1 is 0.735 bits per heavy atom. The zero-order chi connectivity index (χ0) is 61.6. The first kappa shape index (κ1) is 67.3. The zero-order valence-corrected chi connectivity index (χ0v) is 47.6. The Kier molecular flexibility index (Phi) is 26.3. The van der Waals surface area contributed by atoms with Crippen LogP contribution in [0.5, 0.6) is 0 Å². The summed E-state index contributed by atoms with van der Waals surface area (Å²) in [6.07, 6.45) is 4.57. The lowest BCUT2D eigenvalue weighted by atomic mass is 9.82. The summed E-state index contributed by atoms with van der Waals surface area (Å²) in [5, 5.41) is 32.3. The summed E-state index contributed by atoms with van der Waals surface area (Å²) < 4.78 is 31.8. The van der Waals surface area contributed by atoms with Gasteiger partial charge in [0, 0.05) is 93.1 Å². The van der Waals surface area contributed by atoms with Crippen LogP contribution < -0.4 is 38.1 Å². The number of benzene rings is 2. The summed E-state index contributed by atoms with van der Waals surface area (Å²) >= 11 is 0. The molecule has 23 nitrogen and oxygen atoms in total. The van der Waals surface area contributed by atoms with Crippen LogP contribution in [-0.2, 0) is 59.3 Å². The van der Waals surface area contributed by atoms with Crippen LogP contribution in [-0.4, -0.2) is 146 Å². The molecule has 1 aliphatic heterocycles. The van der Waals surface area contributed by atoms with E-state index < -0.39 is 144 Å². The molecule has 9 amide bonds. The molecule has 83 heavy (non-hydrogen) atoms. The molecule has 6 atom stereocenters. The van der Waals surface area contributed by atoms with Crippen molar-refractivity contribution in [2.75, 3.05) is 32.8 Å². The fraction of sp³-hybridized carbons (Fsp3) is 0.500. The minimum absolute atomic E-state index is 0.0399. The highest BCUT2D eigenvalue weighted by atomic mass is 19.1. The summed E-state index contributed by atoms with van der Waals surface area (Å²) in [6, 6.07) is 7.39. The molecule has 2 aromatic carbocycles. The number of carboxylic acid groups (broad SMARTS) is 1. The van der Waals surface area contributed by atoms with E-state index in [1.54, 1.807) is 37.6 Å². The predicted molar refractivity (Wildman–Crippen MR) is 299 cm³/mol. The van der Waals surface area contributed by atoms with Gasteiger partial charge in [0.1, 0.15) is 36.4 Å². The molecule has 4 rings (SSSR count). The largest absolute Gasteiger partial charge is 0.480 e. The van der Waals surface area contributed by atoms with Crippen LogP contribution in [0.3, 0.4) is 0 Å². The number of nitrogens with one attached hydrogen (secondary N) is 5. The Balaban J connectivity index is 1.56. The van der Waals surface area contributed by atoms with Crippen LogP contribution in [0, 0.1) is 23.0 Å². The fourth-order valence-electron chi connectivity index (χ4n) is 9.33. The van der Waals surface area contributed by atoms with Crippen molar-refractivity contribution < 1.29 is 71.7 Å². The van der Waals surface area contributed by atoms with Crippen LogP contribution in [0.15, 0.2) is 72.9 Å². The molecule has 0 saturated heterocycles. The first-order valence-electron chi connectivity index (χ1n) is 27.6. The number of carbonyl (C=O) groups is 11. The van der Waals surface area contributed by atoms with Gasteiger partial charge in [0.05, 0.1) is 18.5 Å². The number of ketones is 1. The van der Waals surface area contributed by atoms with Crippen molar-refractivity contribution in [3.8, 4) is 11.1 Å². The van der Waals surface area contributed by atoms with Crippen LogP contribution in [0.4, 0.5) is 8.78 Å². The third kappa shape index (κ3) is 21.6. The number of hydrogen-bond donors (Lipinski definition) is 9. The van der Waals surface area contributed by atoms with Gasteiger partial charge in [-0.15, -0.1) is 0 Å². The van der Waals surface area contributed by atoms with Gasteiger partial charge in [-0.25, -0.2) is 8.78 Å². The molecular weight excluding hydrogens is 1080 g/mol. The van der Waals surface area contributed by atoms with Crippen molar-refractivity contribution in [2.45, 2.75) is 142 Å². The number of hydrogen-bond acceptors (Lipinski definition) is 13. The minimum atomic E-state index is -1.72. The molecule has 2 heterocycles. The van der Waals surface area contributed by atoms with E-state index in [9.17, 15) is 62.2 Å². The van der Waals surface area contributed by atoms with Crippen molar-refractivity contribution >= 4 is 64.9 Å². The van der Waals surface area contributed by atoms with E-state index in [-0.39, 0.29) is 63.1 Å². The Bertz CT molecular complexity index is 2820. The van der Waals surface area contributed by atoms with E-state index in [2.05, 4.69) is 26.6 Å². The van der Waals surface area contributed by atoms with Gasteiger partial charge < -0.3 is 57.7 Å². The van der Waals surface area contributed by atoms with E-state index >= 15 is 4.39 Å². The second-order valence-electron chi connectivity index (χ2n) is 21.7. The topological polar surface area (TPSA) is 352 Å². The van der Waals surface area contributed by atoms with E-state index in [0.29, 0.717) is 37.8 Å². The second-order valence-corrected chi connectivity index (χ2v) is 21.7. The lowest BCUT2D eigenvalue weighted by molar-refractivity contribution is -0.140. The van der Waals surface area contributed by atoms with Gasteiger partial charge in [-0.1, -0.05) is 64.4 Å². The summed E-state index contributed by atoms with van der Waals surface area (Å²) in [4.78, 5) is 144. The lowest BCUT2D eigenvalue weighted by Gasteiger charge is -2.41. The number of carboxylic acids is 1. The Morgan fingerprint density at radius 3 is 2.05 bits per heavy atom. The highest BCUT2D eigenvalue weighted by Gasteiger charge is 2.39. The molecule has 0 spiro atoms. The lowest BCUT2D eigenvalue weighted by Crippen LogP contribution is -2.56. The van der Waals surface area contributed by atoms with Crippen molar-refractivity contribution in [1.29, 1.82) is 0 Å². The van der Waals surface area contributed by atoms with Gasteiger partial charge in [-0.3, -0.25) is 57.6 Å². The maximum absolute atomic E-state index is 15.4. The molecule has 0 fully saturated rings. The Labute approximate surface area is 480 Å². The quantitative estimate of drug-likeness (QED) is 0.0302. The number of aliphatic carboxylic acids is 1. The van der Waals surface area contributed by atoms with Crippen molar-refractivity contribution in [2.24, 2.45) is 22.8 Å². The normalized spacial score (nSPS) is 14.4. The molecule has 3 aromatic rings. The molecule has 0 radical (unpaired) electrons. The van der Waals surface area contributed by atoms with Crippen LogP contribution >= 0.6 is 0 Å². The average Bonchev–Trinajstić information content (AvgIpc) is 2.70. The third-order valence-corrected chi connectivity index (χ3v) is 13.8. The molecule has 0 bridgehead atoms. The summed E-state index contributed by atoms with van der Waals surface area (Å²) in [6.45, 7) is 7.13. The molecule has 0 saturated carbocycles. The number of rotatable bonds is 35. The molecule has 0 aliphatic carbocycles. The number of aromatic nitrogens is 1. The van der Waals surface area contributed by atoms with E-state index in [1.165, 1.54) is 30.9 Å². The summed E-state index contributed by atoms with van der Waals surface area (Å²) in [5.41, 5.74) is 11.6. The number of amides is 9. The SMILES string of the molecule is C[C@H](CC(=O)[C@H](C)NC(=O)CCCCCN1C(=O)C=CC1=O)C(=O)N[C@@H](CC(N)=O)C(=O)N[C@@H](CCN(C(=O)CO)[C@@H](c1cc(-c2cc(F)ccc2F)cn1Cc1ccccc1)C(C)(C)C)C(=O)NCCC(=O)NCCCC[C@H](N)C(=O)O. The molecule has 0 unspecified atom stereocenters. The average molecular weight is 1160 g/mol. The number of nitrogens with zero attached hydrogens (tertiary/aromatic N) is 3. The molecule has 25 heteroatoms. The molecule has 1 aromatic heterocycles. The van der Waals surface area contributed by atoms with E-state index in [1.807, 2.05) is 30.3 Å². The Morgan fingerprint density at radius 2 is 1.41 bits per heavy atom. The summed E-state index contributed by atoms with van der Waals surface area (Å²) in [7, 11) is 0. The smallest absolute Gasteiger partial charge is 0.320 e. The van der Waals surface area contributed by atoms with Crippen LogP contribution in [0.25, 0.3) is 11.1 Å². The number of Topliss-reactive ketones (excluding diaryl/α,β-unsaturated/α-hetero) is 1. The van der Waals surface area contributed by atoms with Gasteiger partial charge in [0.2, 0.25) is 41.4 Å². The highest BCUT2D eigenvalue weighted by Crippen LogP contribution is 2.41. The van der Waals surface area contributed by atoms with Gasteiger partial charge in [0.15, 0.2) is 5.78 Å². The number of aliphatic hydroxyl groups is 1. The van der Waals surface area contributed by atoms with E-state index in [0.717, 1.165) is 28.7 Å². The maximum atomic E-state index is 15.4. The molecule has 452 valence electrons. The van der Waals surface area contributed by atoms with Gasteiger partial charge in [0.25, 0.3) is 11.8 Å². The van der Waals surface area contributed by atoms with E-state index in [4.69, 9.17) is 16.6 Å². The van der Waals surface area contributed by atoms with Crippen molar-refractivity contribution in [1.82, 2.24) is 41.0 Å². The molecule has 11 N–H and O–H groups in total. The number of aliphatic hydroxyl groups excluding tert-OH is 1. The number of halogens is 2. The number of unbranched alkanes of at least 4 members (excludes halogenated alkanes) is 3. The molecule has 1 aliphatic rings. The Hall–Kier alpha value is -8.19. The number of carbonyl (C=O) groups excluding carboxylic acids is 10. The zero-order valence-electron chi connectivity index (χ0n) is 47.6. The first-order chi connectivity index (χ1) is 39.2. The van der Waals surface area contributed by atoms with Crippen LogP contribution in [0.2, 0.25) is 0 Å². The van der Waals surface area contributed by atoms with Crippen molar-refractivity contribution in [3.05, 3.63) is 95.8 Å². The number of primary amides is 1. The van der Waals surface area contributed by atoms with Gasteiger partial charge in [-0.2, -0.15) is 0 Å². The summed E-state index contributed by atoms with van der Waals surface area (Å²) in [5.74, 6) is -10.7. The second kappa shape index (κ2) is 32.4. The van der Waals surface area contributed by atoms with Gasteiger partial charge >= 0.3 is 5.97 Å². The fourth-order valence-corrected chi connectivity index (χ4v) is 9.33. The minimum Gasteiger partial charge on any atom is -0.480 e. The van der Waals surface area contributed by atoms with Gasteiger partial charge in [-0.05, 0) is 80.7 Å². The number of nitrogens with two attached hydrogens (primary N) is 2. The van der Waals surface area contributed by atoms with Crippen molar-refractivity contribution in [3.63, 3.8) is 0 Å². The third-order valence-electron chi connectivity index (χ3n) is 13.8. The maximum Gasteiger partial charge on any atom is 0.320 e. The highest BCUT2D eigenvalue weighted by molar-refractivity contribution is 6.12. The van der Waals surface area contributed by atoms with Crippen LogP contribution in [0.1, 0.15) is 123 Å². The standard InChI is InChI=1S/C58H78F2N10O13/c1-35(28-46(72)36(2)65-49(75)17-10-7-13-26-69-50(76)20-21-51(69)77)54(79)67-44(31-47(62)73)56(81)66-43(55(80)64-25-22-48(74)63-24-12-11-16-42(61)57(82)83)23-27-70(52(78)34-71)53(58(3,4)5)45-29-38(40-30-39(59)18-19-41(40)60)33-68(45)32-37-14-8-6-9-15-37/h6,8-9,14-15,18-21,29-30,33,35-36,42-44,53,71H,7,10-13,16-17,22-28,31-32,34,61H2,1-5H3,(H2,62,73)(H,63,74)(H,64,80)(H,65,75)(H,66,81)(H,67,79)(H,82,83)/t35-,36+,42+,43+,44+,53+/m1/s1. The number of imide groups is 1. The molecular formula is C58H78F2N10O13. The predicted octanol–water partition coefficient (Wildman–Crippen LogP) is 2.41.